The molecule has 4 aromatic heterocycles. The minimum atomic E-state index is 0.662. The smallest absolute Gasteiger partial charge is 0.165 e. The SMILES string of the molecule is c1ccc(-c2nc(-c3ccccc3)nc(-c3cccc4c3sc3cccc(-c5cccc6c5sc5c(-n7c8ccccc8c8ccccc87)cccc56)c34)n2)cc1. The minimum absolute atomic E-state index is 0.662. The van der Waals surface area contributed by atoms with Crippen molar-refractivity contribution in [3.63, 3.8) is 0 Å². The molecule has 8 aromatic carbocycles. The molecule has 266 valence electrons. The molecule has 12 aromatic rings. The van der Waals surface area contributed by atoms with Gasteiger partial charge in [0.05, 0.1) is 21.4 Å². The van der Waals surface area contributed by atoms with Crippen molar-refractivity contribution < 1.29 is 0 Å². The number of para-hydroxylation sites is 2. The van der Waals surface area contributed by atoms with Crippen molar-refractivity contribution in [2.75, 3.05) is 0 Å². The third kappa shape index (κ3) is 5.01. The normalized spacial score (nSPS) is 11.9. The van der Waals surface area contributed by atoms with Crippen LogP contribution in [0.2, 0.25) is 0 Å². The van der Waals surface area contributed by atoms with Crippen LogP contribution in [0.5, 0.6) is 0 Å². The van der Waals surface area contributed by atoms with Gasteiger partial charge in [-0.3, -0.25) is 0 Å². The van der Waals surface area contributed by atoms with Gasteiger partial charge in [0, 0.05) is 68.7 Å². The van der Waals surface area contributed by atoms with Crippen LogP contribution in [-0.4, -0.2) is 19.5 Å². The van der Waals surface area contributed by atoms with Crippen LogP contribution in [0.3, 0.4) is 0 Å². The Balaban J connectivity index is 1.07. The third-order valence-electron chi connectivity index (χ3n) is 11.1. The molecule has 0 aliphatic carbocycles. The molecule has 0 aliphatic heterocycles. The van der Waals surface area contributed by atoms with E-state index in [4.69, 9.17) is 15.0 Å². The second kappa shape index (κ2) is 12.8. The molecule has 0 atom stereocenters. The summed E-state index contributed by atoms with van der Waals surface area (Å²) in [7, 11) is 0. The molecule has 0 bridgehead atoms. The molecule has 0 unspecified atom stereocenters. The highest BCUT2D eigenvalue weighted by Gasteiger charge is 2.21. The van der Waals surface area contributed by atoms with Gasteiger partial charge in [-0.15, -0.1) is 22.7 Å². The first kappa shape index (κ1) is 32.3. The number of thiophene rings is 2. The second-order valence-electron chi connectivity index (χ2n) is 14.3. The maximum Gasteiger partial charge on any atom is 0.165 e. The average molecular weight is 763 g/mol. The number of hydrogen-bond donors (Lipinski definition) is 0. The summed E-state index contributed by atoms with van der Waals surface area (Å²) >= 11 is 3.70. The molecule has 6 heteroatoms. The van der Waals surface area contributed by atoms with Crippen LogP contribution in [0.1, 0.15) is 0 Å². The first-order valence-electron chi connectivity index (χ1n) is 19.0. The van der Waals surface area contributed by atoms with E-state index < -0.39 is 0 Å². The lowest BCUT2D eigenvalue weighted by atomic mass is 9.97. The molecule has 0 fully saturated rings. The van der Waals surface area contributed by atoms with Gasteiger partial charge in [0.15, 0.2) is 17.5 Å². The first-order valence-corrected chi connectivity index (χ1v) is 20.7. The van der Waals surface area contributed by atoms with Crippen molar-refractivity contribution in [1.29, 1.82) is 0 Å². The number of benzene rings is 8. The molecule has 0 aliphatic rings. The fourth-order valence-corrected chi connectivity index (χ4v) is 11.1. The zero-order chi connectivity index (χ0) is 37.5. The van der Waals surface area contributed by atoms with Gasteiger partial charge >= 0.3 is 0 Å². The maximum absolute atomic E-state index is 5.12. The predicted molar refractivity (Wildman–Crippen MR) is 242 cm³/mol. The van der Waals surface area contributed by atoms with Crippen molar-refractivity contribution in [3.8, 4) is 51.0 Å². The number of rotatable bonds is 5. The molecule has 0 saturated heterocycles. The Bertz CT molecular complexity index is 3410. The lowest BCUT2D eigenvalue weighted by Crippen LogP contribution is -2.00. The molecule has 4 heterocycles. The summed E-state index contributed by atoms with van der Waals surface area (Å²) in [6.07, 6.45) is 0. The van der Waals surface area contributed by atoms with Gasteiger partial charge in [0.25, 0.3) is 0 Å². The summed E-state index contributed by atoms with van der Waals surface area (Å²) in [4.78, 5) is 15.2. The highest BCUT2D eigenvalue weighted by molar-refractivity contribution is 7.27. The lowest BCUT2D eigenvalue weighted by molar-refractivity contribution is 1.08. The van der Waals surface area contributed by atoms with Gasteiger partial charge in [0.1, 0.15) is 0 Å². The van der Waals surface area contributed by atoms with Crippen LogP contribution >= 0.6 is 22.7 Å². The zero-order valence-corrected chi connectivity index (χ0v) is 32.1. The summed E-state index contributed by atoms with van der Waals surface area (Å²) in [6, 6.07) is 64.7. The van der Waals surface area contributed by atoms with Crippen LogP contribution in [0.4, 0.5) is 0 Å². The van der Waals surface area contributed by atoms with E-state index in [1.807, 2.05) is 59.1 Å². The van der Waals surface area contributed by atoms with E-state index in [1.165, 1.54) is 79.0 Å². The molecular weight excluding hydrogens is 733 g/mol. The van der Waals surface area contributed by atoms with Crippen LogP contribution < -0.4 is 0 Å². The molecule has 0 amide bonds. The Hall–Kier alpha value is -6.99. The zero-order valence-electron chi connectivity index (χ0n) is 30.4. The minimum Gasteiger partial charge on any atom is -0.308 e. The monoisotopic (exact) mass is 762 g/mol. The van der Waals surface area contributed by atoms with Gasteiger partial charge < -0.3 is 4.57 Å². The van der Waals surface area contributed by atoms with Crippen molar-refractivity contribution in [3.05, 3.63) is 182 Å². The van der Waals surface area contributed by atoms with E-state index in [0.717, 1.165) is 16.7 Å². The van der Waals surface area contributed by atoms with Crippen molar-refractivity contribution >= 4 is 84.8 Å². The Morgan fingerprint density at radius 3 is 1.51 bits per heavy atom. The number of aromatic nitrogens is 4. The number of hydrogen-bond acceptors (Lipinski definition) is 5. The van der Waals surface area contributed by atoms with Crippen LogP contribution in [0, 0.1) is 0 Å². The molecule has 0 radical (unpaired) electrons. The van der Waals surface area contributed by atoms with E-state index in [-0.39, 0.29) is 0 Å². The highest BCUT2D eigenvalue weighted by Crippen LogP contribution is 2.48. The quantitative estimate of drug-likeness (QED) is 0.175. The van der Waals surface area contributed by atoms with Gasteiger partial charge in [-0.25, -0.2) is 15.0 Å². The Kier molecular flexibility index (Phi) is 7.24. The molecule has 0 spiro atoms. The topological polar surface area (TPSA) is 43.6 Å². The van der Waals surface area contributed by atoms with E-state index in [0.29, 0.717) is 17.5 Å². The van der Waals surface area contributed by atoms with Crippen molar-refractivity contribution in [2.24, 2.45) is 0 Å². The highest BCUT2D eigenvalue weighted by atomic mass is 32.1. The summed E-state index contributed by atoms with van der Waals surface area (Å²) in [5.41, 5.74) is 9.06. The predicted octanol–water partition coefficient (Wildman–Crippen LogP) is 14.4. The summed E-state index contributed by atoms with van der Waals surface area (Å²) in [6.45, 7) is 0. The summed E-state index contributed by atoms with van der Waals surface area (Å²) in [5.74, 6) is 2.00. The Morgan fingerprint density at radius 1 is 0.333 bits per heavy atom. The van der Waals surface area contributed by atoms with Crippen LogP contribution in [-0.2, 0) is 0 Å². The third-order valence-corrected chi connectivity index (χ3v) is 13.6. The molecule has 0 saturated carbocycles. The van der Waals surface area contributed by atoms with E-state index in [2.05, 4.69) is 150 Å². The lowest BCUT2D eigenvalue weighted by Gasteiger charge is -2.09. The number of nitrogens with zero attached hydrogens (tertiary/aromatic N) is 4. The Labute approximate surface area is 335 Å². The van der Waals surface area contributed by atoms with Gasteiger partial charge in [-0.05, 0) is 35.9 Å². The molecule has 0 N–H and O–H groups in total. The average Bonchev–Trinajstić information content (AvgIpc) is 3.97. The first-order chi connectivity index (χ1) is 28.3. The van der Waals surface area contributed by atoms with E-state index >= 15 is 0 Å². The molecule has 57 heavy (non-hydrogen) atoms. The van der Waals surface area contributed by atoms with Crippen LogP contribution in [0.15, 0.2) is 182 Å². The van der Waals surface area contributed by atoms with Gasteiger partial charge in [0.2, 0.25) is 0 Å². The summed E-state index contributed by atoms with van der Waals surface area (Å²) in [5, 5.41) is 7.56. The van der Waals surface area contributed by atoms with Gasteiger partial charge in [-0.2, -0.15) is 0 Å². The van der Waals surface area contributed by atoms with E-state index in [9.17, 15) is 0 Å². The fourth-order valence-electron chi connectivity index (χ4n) is 8.55. The molecule has 4 nitrogen and oxygen atoms in total. The largest absolute Gasteiger partial charge is 0.308 e. The molecule has 12 rings (SSSR count). The van der Waals surface area contributed by atoms with Crippen molar-refractivity contribution in [1.82, 2.24) is 19.5 Å². The second-order valence-corrected chi connectivity index (χ2v) is 16.4. The standard InChI is InChI=1S/C51H30N4S2/c1-3-15-31(16-4-1)49-52-50(32-17-5-2-6-18-32)54-51(53-49)40-26-12-25-39-45-35(21-14-30-44(45)56-47(39)40)36-22-11-23-37-38-24-13-29-43(48(38)57-46(36)37)55-41-27-9-7-19-33(41)34-20-8-10-28-42(34)55/h1-30H. The summed E-state index contributed by atoms with van der Waals surface area (Å²) < 4.78 is 7.43. The number of fused-ring (bicyclic) bond motifs is 9. The van der Waals surface area contributed by atoms with Gasteiger partial charge in [-0.1, -0.05) is 152 Å². The van der Waals surface area contributed by atoms with Crippen molar-refractivity contribution in [2.45, 2.75) is 0 Å². The Morgan fingerprint density at radius 2 is 0.825 bits per heavy atom. The van der Waals surface area contributed by atoms with E-state index in [1.54, 1.807) is 0 Å². The fraction of sp³-hybridized carbons (Fsp3) is 0. The van der Waals surface area contributed by atoms with Crippen LogP contribution in [0.25, 0.3) is 113 Å². The molecular formula is C51H30N4S2. The maximum atomic E-state index is 5.12.